The first-order valence-corrected chi connectivity index (χ1v) is 14.8. The fourth-order valence-electron chi connectivity index (χ4n) is 2.30. The van der Waals surface area contributed by atoms with Crippen molar-refractivity contribution in [2.24, 2.45) is 23.7 Å². The summed E-state index contributed by atoms with van der Waals surface area (Å²) in [6, 6.07) is 0. The molecule has 0 bridgehead atoms. The molecule has 2 nitrogen and oxygen atoms in total. The molecule has 0 aromatic carbocycles. The van der Waals surface area contributed by atoms with Crippen LogP contribution in [0.5, 0.6) is 0 Å². The van der Waals surface area contributed by atoms with Crippen LogP contribution in [0.15, 0.2) is 0 Å². The minimum atomic E-state index is -0.937. The van der Waals surface area contributed by atoms with Gasteiger partial charge in [-0.3, -0.25) is 0 Å². The minimum absolute atomic E-state index is 0.722. The van der Waals surface area contributed by atoms with Crippen LogP contribution in [-0.4, -0.2) is 34.8 Å². The van der Waals surface area contributed by atoms with E-state index in [4.69, 9.17) is 0 Å². The Morgan fingerprint density at radius 2 is 0.762 bits per heavy atom. The largest absolute Gasteiger partial charge is 0.240 e. The number of hydrogen-bond donors (Lipinski definition) is 0. The highest BCUT2D eigenvalue weighted by molar-refractivity contribution is 14.3. The second-order valence-electron chi connectivity index (χ2n) is 7.69. The molecule has 0 fully saturated rings. The number of halogens is 2. The van der Waals surface area contributed by atoms with Crippen LogP contribution in [0.1, 0.15) is 55.4 Å². The quantitative estimate of drug-likeness (QED) is 0.289. The molecule has 0 rings (SSSR count). The van der Waals surface area contributed by atoms with Gasteiger partial charge in [0.2, 0.25) is 0 Å². The lowest BCUT2D eigenvalue weighted by atomic mass is 10.2. The van der Waals surface area contributed by atoms with Crippen LogP contribution in [0.4, 0.5) is 0 Å². The summed E-state index contributed by atoms with van der Waals surface area (Å²) in [4.78, 5) is 0. The van der Waals surface area contributed by atoms with E-state index < -0.39 is 4.74 Å². The fraction of sp³-hybridized carbons (Fsp3) is 1.00. The molecule has 0 amide bonds. The molecule has 0 spiro atoms. The smallest absolute Gasteiger partial charge is 0.0169 e. The van der Waals surface area contributed by atoms with E-state index in [1.54, 1.807) is 0 Å². The Morgan fingerprint density at radius 3 is 0.905 bits per heavy atom. The molecule has 0 aromatic rings. The SMILES string of the molecule is CC(C)CN(CC(C)C)S(I)(I)N(CC(C)C)CC(C)C. The highest BCUT2D eigenvalue weighted by Gasteiger charge is 2.34. The Bertz CT molecular complexity index is 235. The summed E-state index contributed by atoms with van der Waals surface area (Å²) >= 11 is 5.51. The van der Waals surface area contributed by atoms with Crippen molar-refractivity contribution in [3.05, 3.63) is 0 Å². The van der Waals surface area contributed by atoms with Crippen LogP contribution in [0.2, 0.25) is 0 Å². The Balaban J connectivity index is 5.22. The van der Waals surface area contributed by atoms with E-state index in [-0.39, 0.29) is 0 Å². The van der Waals surface area contributed by atoms with Gasteiger partial charge >= 0.3 is 0 Å². The molecule has 0 radical (unpaired) electrons. The second-order valence-corrected chi connectivity index (χ2v) is 22.0. The Hall–Kier alpha value is 1.73. The van der Waals surface area contributed by atoms with Gasteiger partial charge in [-0.2, -0.15) is 0 Å². The topological polar surface area (TPSA) is 6.48 Å². The van der Waals surface area contributed by atoms with Gasteiger partial charge in [0.05, 0.1) is 0 Å². The van der Waals surface area contributed by atoms with Crippen LogP contribution in [0.3, 0.4) is 0 Å². The molecule has 0 aliphatic rings. The van der Waals surface area contributed by atoms with Crippen molar-refractivity contribution in [1.82, 2.24) is 8.61 Å². The standard InChI is InChI=1S/C16H36I2N2S/c1-13(2)9-19(10-14(3)4)21(17,18)20(11-15(5)6)12-16(7)8/h13-16H,9-12H2,1-8H3. The van der Waals surface area contributed by atoms with Gasteiger partial charge in [-0.1, -0.05) is 55.4 Å². The van der Waals surface area contributed by atoms with Gasteiger partial charge in [0.25, 0.3) is 0 Å². The normalized spacial score (nSPS) is 14.5. The summed E-state index contributed by atoms with van der Waals surface area (Å²) in [6.45, 7) is 23.5. The van der Waals surface area contributed by atoms with Crippen molar-refractivity contribution < 1.29 is 0 Å². The van der Waals surface area contributed by atoms with Crippen LogP contribution >= 0.6 is 47.2 Å². The highest BCUT2D eigenvalue weighted by Crippen LogP contribution is 2.69. The predicted molar refractivity (Wildman–Crippen MR) is 118 cm³/mol. The summed E-state index contributed by atoms with van der Waals surface area (Å²) in [7, 11) is 0. The molecule has 0 saturated heterocycles. The van der Waals surface area contributed by atoms with Crippen molar-refractivity contribution in [1.29, 1.82) is 0 Å². The summed E-state index contributed by atoms with van der Waals surface area (Å²) in [5, 5.41) is 0. The van der Waals surface area contributed by atoms with Crippen molar-refractivity contribution in [3.8, 4) is 0 Å². The van der Waals surface area contributed by atoms with Gasteiger partial charge in [0.15, 0.2) is 0 Å². The molecule has 21 heavy (non-hydrogen) atoms. The van der Waals surface area contributed by atoms with Crippen LogP contribution in [0, 0.1) is 23.7 Å². The molecular formula is C16H36I2N2S. The Labute approximate surface area is 159 Å². The third kappa shape index (κ3) is 9.57. The Kier molecular flexibility index (Phi) is 11.4. The summed E-state index contributed by atoms with van der Waals surface area (Å²) in [6.07, 6.45) is 0. The first-order chi connectivity index (χ1) is 9.46. The van der Waals surface area contributed by atoms with E-state index in [1.807, 2.05) is 0 Å². The summed E-state index contributed by atoms with van der Waals surface area (Å²) in [5.41, 5.74) is 0. The molecule has 0 aliphatic heterocycles. The van der Waals surface area contributed by atoms with Crippen molar-refractivity contribution in [2.45, 2.75) is 55.4 Å². The van der Waals surface area contributed by atoms with Gasteiger partial charge in [-0.25, -0.2) is 8.61 Å². The third-order valence-electron chi connectivity index (χ3n) is 2.90. The molecule has 0 aromatic heterocycles. The predicted octanol–water partition coefficient (Wildman–Crippen LogP) is 6.55. The van der Waals surface area contributed by atoms with E-state index in [1.165, 1.54) is 26.2 Å². The second kappa shape index (κ2) is 10.6. The fourth-order valence-corrected chi connectivity index (χ4v) is 8.40. The van der Waals surface area contributed by atoms with Crippen molar-refractivity contribution >= 4 is 47.2 Å². The first-order valence-electron chi connectivity index (χ1n) is 8.19. The Morgan fingerprint density at radius 1 is 0.571 bits per heavy atom. The number of nitrogens with zero attached hydrogens (tertiary/aromatic N) is 2. The molecule has 0 aliphatic carbocycles. The van der Waals surface area contributed by atoms with Gasteiger partial charge < -0.3 is 0 Å². The lowest BCUT2D eigenvalue weighted by Crippen LogP contribution is -2.40. The van der Waals surface area contributed by atoms with Crippen molar-refractivity contribution in [3.63, 3.8) is 0 Å². The van der Waals surface area contributed by atoms with E-state index in [0.717, 1.165) is 23.7 Å². The van der Waals surface area contributed by atoms with E-state index in [2.05, 4.69) is 106 Å². The van der Waals surface area contributed by atoms with E-state index in [9.17, 15) is 0 Å². The monoisotopic (exact) mass is 542 g/mol. The highest BCUT2D eigenvalue weighted by atomic mass is 127. The molecular weight excluding hydrogens is 506 g/mol. The van der Waals surface area contributed by atoms with Gasteiger partial charge in [0, 0.05) is 68.6 Å². The molecule has 130 valence electrons. The average Bonchev–Trinajstić information content (AvgIpc) is 2.24. The number of rotatable bonds is 10. The van der Waals surface area contributed by atoms with Crippen LogP contribution in [-0.2, 0) is 0 Å². The molecule has 0 atom stereocenters. The van der Waals surface area contributed by atoms with Crippen LogP contribution in [0.25, 0.3) is 0 Å². The van der Waals surface area contributed by atoms with E-state index >= 15 is 0 Å². The van der Waals surface area contributed by atoms with Crippen LogP contribution < -0.4 is 0 Å². The lowest BCUT2D eigenvalue weighted by molar-refractivity contribution is 0.316. The summed E-state index contributed by atoms with van der Waals surface area (Å²) < 4.78 is 4.58. The molecule has 0 saturated carbocycles. The van der Waals surface area contributed by atoms with Gasteiger partial charge in [0.1, 0.15) is 0 Å². The van der Waals surface area contributed by atoms with Gasteiger partial charge in [-0.05, 0) is 28.4 Å². The maximum Gasteiger partial charge on any atom is 0.0169 e. The third-order valence-corrected chi connectivity index (χ3v) is 11.4. The zero-order valence-corrected chi connectivity index (χ0v) is 20.3. The van der Waals surface area contributed by atoms with E-state index in [0.29, 0.717) is 0 Å². The lowest BCUT2D eigenvalue weighted by Gasteiger charge is -2.49. The maximum absolute atomic E-state index is 2.76. The maximum atomic E-state index is 2.76. The average molecular weight is 542 g/mol. The zero-order valence-electron chi connectivity index (χ0n) is 15.2. The minimum Gasteiger partial charge on any atom is -0.240 e. The summed E-state index contributed by atoms with van der Waals surface area (Å²) in [5.74, 6) is 2.89. The van der Waals surface area contributed by atoms with Crippen molar-refractivity contribution in [2.75, 3.05) is 26.2 Å². The molecule has 0 N–H and O–H groups in total. The molecule has 5 heteroatoms. The first kappa shape index (κ1) is 22.7. The zero-order chi connectivity index (χ0) is 16.8. The molecule has 0 unspecified atom stereocenters. The number of hydrogen-bond acceptors (Lipinski definition) is 2. The van der Waals surface area contributed by atoms with Gasteiger partial charge in [-0.15, -0.1) is 0 Å². The molecule has 0 heterocycles.